The summed E-state index contributed by atoms with van der Waals surface area (Å²) in [6, 6.07) is 0. The smallest absolute Gasteiger partial charge is 0.191 e. The molecule has 14 heavy (non-hydrogen) atoms. The molecule has 0 aliphatic carbocycles. The van der Waals surface area contributed by atoms with Gasteiger partial charge in [-0.2, -0.15) is 0 Å². The third-order valence-electron chi connectivity index (χ3n) is 2.93. The van der Waals surface area contributed by atoms with Gasteiger partial charge in [-0.25, -0.2) is 0 Å². The first-order valence-electron chi connectivity index (χ1n) is 5.13. The van der Waals surface area contributed by atoms with Crippen molar-refractivity contribution in [2.24, 2.45) is 0 Å². The minimum absolute atomic E-state index is 0.180. The molecule has 0 aliphatic heterocycles. The van der Waals surface area contributed by atoms with Crippen molar-refractivity contribution in [3.05, 3.63) is 0 Å². The Bertz CT molecular complexity index is 163. The molecule has 0 aliphatic rings. The zero-order valence-corrected chi connectivity index (χ0v) is 11.0. The van der Waals surface area contributed by atoms with Crippen LogP contribution in [0.1, 0.15) is 27.2 Å². The Morgan fingerprint density at radius 3 is 2.14 bits per heavy atom. The summed E-state index contributed by atoms with van der Waals surface area (Å²) in [5, 5.41) is 18.0. The summed E-state index contributed by atoms with van der Waals surface area (Å²) in [5.41, 5.74) is 0. The second-order valence-corrected chi connectivity index (χ2v) is 10.0. The molecule has 0 heterocycles. The highest BCUT2D eigenvalue weighted by atomic mass is 28.4. The molecule has 0 unspecified atom stereocenters. The Kier molecular flexibility index (Phi) is 5.29. The van der Waals surface area contributed by atoms with Crippen LogP contribution in [0.3, 0.4) is 0 Å². The highest BCUT2D eigenvalue weighted by molar-refractivity contribution is 6.74. The molecule has 0 bridgehead atoms. The van der Waals surface area contributed by atoms with Crippen LogP contribution in [-0.4, -0.2) is 37.8 Å². The quantitative estimate of drug-likeness (QED) is 0.694. The van der Waals surface area contributed by atoms with Crippen LogP contribution in [0.4, 0.5) is 0 Å². The molecule has 4 heteroatoms. The number of aliphatic hydroxyl groups excluding tert-OH is 2. The van der Waals surface area contributed by atoms with Gasteiger partial charge in [0.2, 0.25) is 0 Å². The first kappa shape index (κ1) is 14.1. The largest absolute Gasteiger partial charge is 0.417 e. The van der Waals surface area contributed by atoms with Gasteiger partial charge in [0.25, 0.3) is 0 Å². The lowest BCUT2D eigenvalue weighted by molar-refractivity contribution is 0.0735. The highest BCUT2D eigenvalue weighted by Crippen LogP contribution is 2.36. The zero-order chi connectivity index (χ0) is 11.4. The second kappa shape index (κ2) is 5.26. The minimum atomic E-state index is -1.68. The maximum absolute atomic E-state index is 9.14. The molecule has 0 fully saturated rings. The standard InChI is InChI=1S/C10H24O3Si/c1-10(2,3)14(4,5)13-7-6-9(12)8-11/h9,11-12H,6-8H2,1-5H3/t9-/m0/s1. The topological polar surface area (TPSA) is 49.7 Å². The van der Waals surface area contributed by atoms with Crippen molar-refractivity contribution in [1.29, 1.82) is 0 Å². The second-order valence-electron chi connectivity index (χ2n) is 5.23. The number of aliphatic hydroxyl groups is 2. The highest BCUT2D eigenvalue weighted by Gasteiger charge is 2.36. The molecule has 0 spiro atoms. The summed E-state index contributed by atoms with van der Waals surface area (Å²) in [5.74, 6) is 0. The molecule has 1 atom stereocenters. The van der Waals surface area contributed by atoms with Gasteiger partial charge in [0.05, 0.1) is 12.7 Å². The van der Waals surface area contributed by atoms with Crippen LogP contribution in [0.25, 0.3) is 0 Å². The van der Waals surface area contributed by atoms with Gasteiger partial charge in [-0.15, -0.1) is 0 Å². The molecule has 86 valence electrons. The first-order chi connectivity index (χ1) is 6.20. The van der Waals surface area contributed by atoms with Gasteiger partial charge < -0.3 is 14.6 Å². The summed E-state index contributed by atoms with van der Waals surface area (Å²) >= 11 is 0. The van der Waals surface area contributed by atoms with Crippen LogP contribution in [-0.2, 0) is 4.43 Å². The van der Waals surface area contributed by atoms with Crippen LogP contribution in [0.5, 0.6) is 0 Å². The predicted octanol–water partition coefficient (Wildman–Crippen LogP) is 1.75. The van der Waals surface area contributed by atoms with E-state index in [-0.39, 0.29) is 11.6 Å². The van der Waals surface area contributed by atoms with E-state index in [1.807, 2.05) is 0 Å². The fourth-order valence-electron chi connectivity index (χ4n) is 0.758. The molecular formula is C10H24O3Si. The summed E-state index contributed by atoms with van der Waals surface area (Å²) in [6.45, 7) is 11.3. The fourth-order valence-corrected chi connectivity index (χ4v) is 1.82. The van der Waals surface area contributed by atoms with Gasteiger partial charge in [-0.1, -0.05) is 20.8 Å². The summed E-state index contributed by atoms with van der Waals surface area (Å²) < 4.78 is 5.83. The van der Waals surface area contributed by atoms with Crippen molar-refractivity contribution in [1.82, 2.24) is 0 Å². The van der Waals surface area contributed by atoms with Crippen molar-refractivity contribution in [2.75, 3.05) is 13.2 Å². The number of hydrogen-bond acceptors (Lipinski definition) is 3. The Morgan fingerprint density at radius 2 is 1.79 bits per heavy atom. The van der Waals surface area contributed by atoms with E-state index in [0.717, 1.165) is 0 Å². The molecule has 0 aromatic carbocycles. The van der Waals surface area contributed by atoms with Crippen molar-refractivity contribution >= 4 is 8.32 Å². The number of hydrogen-bond donors (Lipinski definition) is 2. The summed E-state index contributed by atoms with van der Waals surface area (Å²) in [7, 11) is -1.68. The van der Waals surface area contributed by atoms with Gasteiger partial charge in [-0.3, -0.25) is 0 Å². The maximum Gasteiger partial charge on any atom is 0.191 e. The molecule has 0 saturated carbocycles. The van der Waals surface area contributed by atoms with Gasteiger partial charge in [0.1, 0.15) is 0 Å². The van der Waals surface area contributed by atoms with Crippen LogP contribution in [0.15, 0.2) is 0 Å². The molecule has 3 nitrogen and oxygen atoms in total. The zero-order valence-electron chi connectivity index (χ0n) is 10.0. The molecule has 0 saturated heterocycles. The van der Waals surface area contributed by atoms with Crippen molar-refractivity contribution in [3.63, 3.8) is 0 Å². The lowest BCUT2D eigenvalue weighted by Crippen LogP contribution is -2.41. The predicted molar refractivity (Wildman–Crippen MR) is 60.9 cm³/mol. The summed E-state index contributed by atoms with van der Waals surface area (Å²) in [6.07, 6.45) is -0.122. The van der Waals surface area contributed by atoms with E-state index < -0.39 is 14.4 Å². The van der Waals surface area contributed by atoms with Gasteiger partial charge in [-0.05, 0) is 24.6 Å². The molecular weight excluding hydrogens is 196 g/mol. The molecule has 0 rings (SSSR count). The molecule has 0 radical (unpaired) electrons. The summed E-state index contributed by atoms with van der Waals surface area (Å²) in [4.78, 5) is 0. The maximum atomic E-state index is 9.14. The third kappa shape index (κ3) is 4.55. The van der Waals surface area contributed by atoms with Crippen molar-refractivity contribution in [2.45, 2.75) is 51.4 Å². The van der Waals surface area contributed by atoms with Gasteiger partial charge in [0, 0.05) is 6.61 Å². The Morgan fingerprint density at radius 1 is 1.29 bits per heavy atom. The van der Waals surface area contributed by atoms with E-state index in [2.05, 4.69) is 33.9 Å². The average molecular weight is 220 g/mol. The van der Waals surface area contributed by atoms with Crippen LogP contribution in [0, 0.1) is 0 Å². The first-order valence-corrected chi connectivity index (χ1v) is 8.04. The van der Waals surface area contributed by atoms with Crippen LogP contribution < -0.4 is 0 Å². The average Bonchev–Trinajstić information content (AvgIpc) is 2.01. The lowest BCUT2D eigenvalue weighted by Gasteiger charge is -2.36. The molecule has 2 N–H and O–H groups in total. The van der Waals surface area contributed by atoms with Crippen LogP contribution >= 0.6 is 0 Å². The van der Waals surface area contributed by atoms with Gasteiger partial charge >= 0.3 is 0 Å². The van der Waals surface area contributed by atoms with E-state index in [9.17, 15) is 0 Å². The number of rotatable bonds is 5. The Hall–Kier alpha value is 0.0969. The monoisotopic (exact) mass is 220 g/mol. The van der Waals surface area contributed by atoms with E-state index >= 15 is 0 Å². The normalized spacial score (nSPS) is 15.6. The van der Waals surface area contributed by atoms with Crippen molar-refractivity contribution < 1.29 is 14.6 Å². The van der Waals surface area contributed by atoms with E-state index in [1.165, 1.54) is 0 Å². The SMILES string of the molecule is CC(C)(C)[Si](C)(C)OCC[C@H](O)CO. The van der Waals surface area contributed by atoms with E-state index in [4.69, 9.17) is 14.6 Å². The third-order valence-corrected chi connectivity index (χ3v) is 7.47. The van der Waals surface area contributed by atoms with Crippen molar-refractivity contribution in [3.8, 4) is 0 Å². The van der Waals surface area contributed by atoms with Gasteiger partial charge in [0.15, 0.2) is 8.32 Å². The Balaban J connectivity index is 3.89. The fraction of sp³-hybridized carbons (Fsp3) is 1.00. The minimum Gasteiger partial charge on any atom is -0.417 e. The Labute approximate surface area is 88.2 Å². The molecule has 0 amide bonds. The molecule has 0 aromatic rings. The van der Waals surface area contributed by atoms with E-state index in [0.29, 0.717) is 13.0 Å². The van der Waals surface area contributed by atoms with Crippen LogP contribution in [0.2, 0.25) is 18.1 Å². The van der Waals surface area contributed by atoms with E-state index in [1.54, 1.807) is 0 Å². The molecule has 0 aromatic heterocycles. The lowest BCUT2D eigenvalue weighted by atomic mass is 10.2.